The van der Waals surface area contributed by atoms with E-state index in [0.29, 0.717) is 18.3 Å². The average Bonchev–Trinajstić information content (AvgIpc) is 2.64. The van der Waals surface area contributed by atoms with Gasteiger partial charge in [0.1, 0.15) is 5.75 Å². The molecule has 0 unspecified atom stereocenters. The fourth-order valence-electron chi connectivity index (χ4n) is 2.28. The molecule has 2 aromatic carbocycles. The van der Waals surface area contributed by atoms with Crippen molar-refractivity contribution in [1.29, 1.82) is 0 Å². The molecule has 6 nitrogen and oxygen atoms in total. The van der Waals surface area contributed by atoms with Gasteiger partial charge in [-0.1, -0.05) is 35.9 Å². The Morgan fingerprint density at radius 2 is 1.92 bits per heavy atom. The molecule has 0 radical (unpaired) electrons. The van der Waals surface area contributed by atoms with Crippen LogP contribution in [0.2, 0.25) is 5.02 Å². The molecule has 26 heavy (non-hydrogen) atoms. The molecule has 2 aromatic rings. The van der Waals surface area contributed by atoms with E-state index in [4.69, 9.17) is 22.1 Å². The van der Waals surface area contributed by atoms with Gasteiger partial charge >= 0.3 is 0 Å². The average molecular weight is 375 g/mol. The minimum atomic E-state index is -0.501. The van der Waals surface area contributed by atoms with Gasteiger partial charge in [-0.05, 0) is 41.8 Å². The Morgan fingerprint density at radius 1 is 1.15 bits per heavy atom. The Balaban J connectivity index is 1.78. The number of ether oxygens (including phenoxy) is 1. The predicted molar refractivity (Wildman–Crippen MR) is 104 cm³/mol. The van der Waals surface area contributed by atoms with Crippen LogP contribution in [-0.4, -0.2) is 32.1 Å². The van der Waals surface area contributed by atoms with E-state index in [1.54, 1.807) is 13.1 Å². The number of carbonyl (C=O) groups is 1. The summed E-state index contributed by atoms with van der Waals surface area (Å²) >= 11 is 5.89. The number of nitrogens with one attached hydrogen (secondary N) is 2. The molecule has 0 fully saturated rings. The summed E-state index contributed by atoms with van der Waals surface area (Å²) in [7, 11) is 1.73. The van der Waals surface area contributed by atoms with Crippen LogP contribution in [0.25, 0.3) is 0 Å². The van der Waals surface area contributed by atoms with Crippen LogP contribution in [0.1, 0.15) is 11.1 Å². The van der Waals surface area contributed by atoms with Gasteiger partial charge in [-0.2, -0.15) is 0 Å². The zero-order valence-corrected chi connectivity index (χ0v) is 15.4. The number of nitrogens with two attached hydrogens (primary N) is 1. The van der Waals surface area contributed by atoms with Crippen LogP contribution in [0, 0.1) is 0 Å². The normalized spacial score (nSPS) is 11.1. The van der Waals surface area contributed by atoms with Crippen molar-refractivity contribution in [2.24, 2.45) is 10.7 Å². The van der Waals surface area contributed by atoms with Crippen molar-refractivity contribution in [2.45, 2.75) is 13.0 Å². The Hall–Kier alpha value is -2.73. The maximum atomic E-state index is 10.8. The number of guanidine groups is 1. The molecule has 0 spiro atoms. The smallest absolute Gasteiger partial charge is 0.255 e. The Kier molecular flexibility index (Phi) is 7.76. The van der Waals surface area contributed by atoms with Crippen LogP contribution in [0.3, 0.4) is 0 Å². The Morgan fingerprint density at radius 3 is 2.62 bits per heavy atom. The molecule has 4 N–H and O–H groups in total. The zero-order chi connectivity index (χ0) is 18.8. The van der Waals surface area contributed by atoms with Gasteiger partial charge in [-0.25, -0.2) is 0 Å². The van der Waals surface area contributed by atoms with Crippen molar-refractivity contribution in [3.63, 3.8) is 0 Å². The van der Waals surface area contributed by atoms with E-state index < -0.39 is 5.91 Å². The first-order valence-corrected chi connectivity index (χ1v) is 8.63. The minimum Gasteiger partial charge on any atom is -0.484 e. The lowest BCUT2D eigenvalue weighted by molar-refractivity contribution is -0.119. The molecular weight excluding hydrogens is 352 g/mol. The van der Waals surface area contributed by atoms with Crippen LogP contribution in [0.4, 0.5) is 0 Å². The largest absolute Gasteiger partial charge is 0.484 e. The summed E-state index contributed by atoms with van der Waals surface area (Å²) in [5.74, 6) is 0.815. The zero-order valence-electron chi connectivity index (χ0n) is 14.7. The third-order valence-electron chi connectivity index (χ3n) is 3.58. The van der Waals surface area contributed by atoms with E-state index in [1.807, 2.05) is 42.5 Å². The summed E-state index contributed by atoms with van der Waals surface area (Å²) in [5, 5.41) is 7.25. The Labute approximate surface area is 158 Å². The van der Waals surface area contributed by atoms with E-state index in [-0.39, 0.29) is 6.61 Å². The number of primary amides is 1. The van der Waals surface area contributed by atoms with Gasteiger partial charge in [0.2, 0.25) is 0 Å². The number of aliphatic imine (C=N–C) groups is 1. The molecule has 138 valence electrons. The molecule has 1 amide bonds. The lowest BCUT2D eigenvalue weighted by Crippen LogP contribution is -2.37. The van der Waals surface area contributed by atoms with Gasteiger partial charge in [-0.3, -0.25) is 9.79 Å². The van der Waals surface area contributed by atoms with Crippen LogP contribution in [-0.2, 0) is 17.8 Å². The monoisotopic (exact) mass is 374 g/mol. The summed E-state index contributed by atoms with van der Waals surface area (Å²) in [6.07, 6.45) is 0.869. The lowest BCUT2D eigenvalue weighted by atomic mass is 10.1. The van der Waals surface area contributed by atoms with Crippen molar-refractivity contribution in [3.8, 4) is 5.75 Å². The third kappa shape index (κ3) is 7.03. The second kappa shape index (κ2) is 10.3. The fourth-order valence-corrected chi connectivity index (χ4v) is 2.41. The van der Waals surface area contributed by atoms with Crippen molar-refractivity contribution < 1.29 is 9.53 Å². The molecule has 0 saturated carbocycles. The first-order valence-electron chi connectivity index (χ1n) is 8.26. The Bertz CT molecular complexity index is 747. The molecule has 0 saturated heterocycles. The van der Waals surface area contributed by atoms with E-state index in [2.05, 4.69) is 15.6 Å². The number of hydrogen-bond donors (Lipinski definition) is 3. The molecule has 0 heterocycles. The van der Waals surface area contributed by atoms with Crippen molar-refractivity contribution in [1.82, 2.24) is 10.6 Å². The minimum absolute atomic E-state index is 0.134. The number of benzene rings is 2. The molecule has 0 aliphatic rings. The van der Waals surface area contributed by atoms with Crippen LogP contribution >= 0.6 is 11.6 Å². The molecule has 0 aromatic heterocycles. The summed E-state index contributed by atoms with van der Waals surface area (Å²) in [6, 6.07) is 15.3. The summed E-state index contributed by atoms with van der Waals surface area (Å²) in [4.78, 5) is 15.0. The number of halogens is 1. The van der Waals surface area contributed by atoms with Gasteiger partial charge < -0.3 is 21.1 Å². The quantitative estimate of drug-likeness (QED) is 0.487. The molecule has 0 aliphatic heterocycles. The number of carbonyl (C=O) groups excluding carboxylic acids is 1. The van der Waals surface area contributed by atoms with Crippen molar-refractivity contribution in [2.75, 3.05) is 20.2 Å². The third-order valence-corrected chi connectivity index (χ3v) is 3.83. The van der Waals surface area contributed by atoms with Crippen LogP contribution in [0.15, 0.2) is 53.5 Å². The molecular formula is C19H23ClN4O2. The summed E-state index contributed by atoms with van der Waals surface area (Å²) < 4.78 is 5.31. The summed E-state index contributed by atoms with van der Waals surface area (Å²) in [6.45, 7) is 1.20. The number of rotatable bonds is 8. The number of hydrogen-bond acceptors (Lipinski definition) is 3. The maximum absolute atomic E-state index is 10.8. The SMILES string of the molecule is CN=C(NCCc1ccc(Cl)cc1)NCc1cccc(OCC(N)=O)c1. The lowest BCUT2D eigenvalue weighted by Gasteiger charge is -2.13. The van der Waals surface area contributed by atoms with Gasteiger partial charge in [0.25, 0.3) is 5.91 Å². The highest BCUT2D eigenvalue weighted by Gasteiger charge is 2.02. The first kappa shape index (κ1) is 19.6. The highest BCUT2D eigenvalue weighted by atomic mass is 35.5. The second-order valence-corrected chi connectivity index (χ2v) is 6.07. The predicted octanol–water partition coefficient (Wildman–Crippen LogP) is 2.11. The topological polar surface area (TPSA) is 88.7 Å². The van der Waals surface area contributed by atoms with Crippen molar-refractivity contribution in [3.05, 3.63) is 64.7 Å². The van der Waals surface area contributed by atoms with Gasteiger partial charge in [-0.15, -0.1) is 0 Å². The molecule has 0 aliphatic carbocycles. The maximum Gasteiger partial charge on any atom is 0.255 e. The van der Waals surface area contributed by atoms with Gasteiger partial charge in [0.15, 0.2) is 12.6 Å². The molecule has 2 rings (SSSR count). The highest BCUT2D eigenvalue weighted by molar-refractivity contribution is 6.30. The van der Waals surface area contributed by atoms with Crippen molar-refractivity contribution >= 4 is 23.5 Å². The number of nitrogens with zero attached hydrogens (tertiary/aromatic N) is 1. The van der Waals surface area contributed by atoms with Gasteiger partial charge in [0, 0.05) is 25.2 Å². The highest BCUT2D eigenvalue weighted by Crippen LogP contribution is 2.13. The second-order valence-electron chi connectivity index (χ2n) is 5.63. The molecule has 7 heteroatoms. The molecule has 0 atom stereocenters. The van der Waals surface area contributed by atoms with Crippen LogP contribution in [0.5, 0.6) is 5.75 Å². The first-order chi connectivity index (χ1) is 12.6. The molecule has 0 bridgehead atoms. The van der Waals surface area contributed by atoms with E-state index in [0.717, 1.165) is 23.6 Å². The van der Waals surface area contributed by atoms with E-state index >= 15 is 0 Å². The van der Waals surface area contributed by atoms with E-state index in [9.17, 15) is 4.79 Å². The van der Waals surface area contributed by atoms with E-state index in [1.165, 1.54) is 5.56 Å². The number of amides is 1. The summed E-state index contributed by atoms with van der Waals surface area (Å²) in [5.41, 5.74) is 7.30. The van der Waals surface area contributed by atoms with Gasteiger partial charge in [0.05, 0.1) is 0 Å². The van der Waals surface area contributed by atoms with Crippen LogP contribution < -0.4 is 21.1 Å². The fraction of sp³-hybridized carbons (Fsp3) is 0.263. The standard InChI is InChI=1S/C19H23ClN4O2/c1-22-19(23-10-9-14-5-7-16(20)8-6-14)24-12-15-3-2-4-17(11-15)26-13-18(21)25/h2-8,11H,9-10,12-13H2,1H3,(H2,21,25)(H2,22,23,24).